The maximum absolute atomic E-state index is 12.0. The number of hydrogen-bond donors (Lipinski definition) is 0. The first-order chi connectivity index (χ1) is 9.15. The number of ketones is 1. The van der Waals surface area contributed by atoms with E-state index in [2.05, 4.69) is 18.7 Å². The van der Waals surface area contributed by atoms with Crippen LogP contribution in [0.2, 0.25) is 0 Å². The van der Waals surface area contributed by atoms with E-state index in [4.69, 9.17) is 4.74 Å². The van der Waals surface area contributed by atoms with E-state index >= 15 is 0 Å². The van der Waals surface area contributed by atoms with Crippen LogP contribution in [0.25, 0.3) is 0 Å². The van der Waals surface area contributed by atoms with Crippen molar-refractivity contribution in [3.8, 4) is 0 Å². The van der Waals surface area contributed by atoms with Gasteiger partial charge in [-0.2, -0.15) is 0 Å². The summed E-state index contributed by atoms with van der Waals surface area (Å²) in [6.07, 6.45) is 0.421. The summed E-state index contributed by atoms with van der Waals surface area (Å²) in [5, 5.41) is 0. The second-order valence-corrected chi connectivity index (χ2v) is 4.74. The molecule has 0 saturated carbocycles. The molecular formula is C16H25NO2. The summed E-state index contributed by atoms with van der Waals surface area (Å²) in [5.74, 6) is 0.187. The number of morpholine rings is 1. The third-order valence-corrected chi connectivity index (χ3v) is 2.96. The largest absolute Gasteiger partial charge is 0.373 e. The number of hydrogen-bond acceptors (Lipinski definition) is 3. The van der Waals surface area contributed by atoms with Crippen LogP contribution < -0.4 is 0 Å². The first kappa shape index (κ1) is 15.9. The number of carbonyl (C=O) groups excluding carboxylic acids is 1. The Hall–Kier alpha value is -1.19. The van der Waals surface area contributed by atoms with Crippen LogP contribution in [0, 0.1) is 0 Å². The van der Waals surface area contributed by atoms with Gasteiger partial charge in [0.05, 0.1) is 18.8 Å². The average Bonchev–Trinajstić information content (AvgIpc) is 2.41. The van der Waals surface area contributed by atoms with Crippen molar-refractivity contribution in [2.24, 2.45) is 0 Å². The molecule has 2 atom stereocenters. The van der Waals surface area contributed by atoms with Gasteiger partial charge in [-0.1, -0.05) is 44.2 Å². The fourth-order valence-corrected chi connectivity index (χ4v) is 2.33. The summed E-state index contributed by atoms with van der Waals surface area (Å²) in [7, 11) is 0. The zero-order valence-electron chi connectivity index (χ0n) is 12.4. The predicted octanol–water partition coefficient (Wildman–Crippen LogP) is 3.00. The zero-order chi connectivity index (χ0) is 14.3. The zero-order valence-corrected chi connectivity index (χ0v) is 12.4. The number of carbonyl (C=O) groups is 1. The van der Waals surface area contributed by atoms with Gasteiger partial charge >= 0.3 is 0 Å². The van der Waals surface area contributed by atoms with Crippen LogP contribution in [0.3, 0.4) is 0 Å². The minimum absolute atomic E-state index is 0.187. The molecule has 1 saturated heterocycles. The number of rotatable bonds is 3. The van der Waals surface area contributed by atoms with Gasteiger partial charge in [-0.3, -0.25) is 9.69 Å². The van der Waals surface area contributed by atoms with Gasteiger partial charge in [0.25, 0.3) is 0 Å². The van der Waals surface area contributed by atoms with Crippen molar-refractivity contribution in [1.29, 1.82) is 0 Å². The minimum atomic E-state index is 0.187. The smallest absolute Gasteiger partial charge is 0.176 e. The van der Waals surface area contributed by atoms with Crippen molar-refractivity contribution in [2.45, 2.75) is 39.9 Å². The molecule has 0 N–H and O–H groups in total. The molecule has 1 fully saturated rings. The van der Waals surface area contributed by atoms with Crippen LogP contribution >= 0.6 is 0 Å². The first-order valence-corrected chi connectivity index (χ1v) is 7.11. The van der Waals surface area contributed by atoms with Crippen molar-refractivity contribution in [3.63, 3.8) is 0 Å². The second kappa shape index (κ2) is 8.08. The summed E-state index contributed by atoms with van der Waals surface area (Å²) in [5.41, 5.74) is 0.791. The Morgan fingerprint density at radius 1 is 1.16 bits per heavy atom. The molecule has 1 aromatic carbocycles. The maximum atomic E-state index is 12.0. The Labute approximate surface area is 116 Å². The molecule has 1 aromatic rings. The van der Waals surface area contributed by atoms with E-state index in [0.29, 0.717) is 6.54 Å². The third kappa shape index (κ3) is 5.13. The van der Waals surface area contributed by atoms with Gasteiger partial charge in [0.15, 0.2) is 5.78 Å². The number of Topliss-reactive ketones (excluding diaryl/α,β-unsaturated/α-hetero) is 1. The van der Waals surface area contributed by atoms with E-state index in [0.717, 1.165) is 18.7 Å². The SMILES string of the molecule is CC.CC1CN(CC(=O)c2ccccc2)CC(C)O1. The first-order valence-electron chi connectivity index (χ1n) is 7.11. The van der Waals surface area contributed by atoms with Gasteiger partial charge in [-0.25, -0.2) is 0 Å². The minimum Gasteiger partial charge on any atom is -0.373 e. The maximum Gasteiger partial charge on any atom is 0.176 e. The molecule has 3 heteroatoms. The Morgan fingerprint density at radius 2 is 1.68 bits per heavy atom. The fraction of sp³-hybridized carbons (Fsp3) is 0.562. The fourth-order valence-electron chi connectivity index (χ4n) is 2.33. The molecule has 0 bridgehead atoms. The standard InChI is InChI=1S/C14H19NO2.C2H6/c1-11-8-15(9-12(2)17-11)10-14(16)13-6-4-3-5-7-13;1-2/h3-7,11-12H,8-10H2,1-2H3;1-2H3. The Balaban J connectivity index is 0.000000861. The monoisotopic (exact) mass is 263 g/mol. The molecule has 0 amide bonds. The highest BCUT2D eigenvalue weighted by atomic mass is 16.5. The highest BCUT2D eigenvalue weighted by Crippen LogP contribution is 2.11. The molecule has 0 spiro atoms. The van der Waals surface area contributed by atoms with Gasteiger partial charge in [0.1, 0.15) is 0 Å². The Morgan fingerprint density at radius 3 is 2.21 bits per heavy atom. The molecule has 1 heterocycles. The molecule has 0 aromatic heterocycles. The van der Waals surface area contributed by atoms with Gasteiger partial charge < -0.3 is 4.74 Å². The quantitative estimate of drug-likeness (QED) is 0.785. The van der Waals surface area contributed by atoms with Gasteiger partial charge in [-0.15, -0.1) is 0 Å². The molecule has 2 rings (SSSR count). The van der Waals surface area contributed by atoms with Crippen molar-refractivity contribution < 1.29 is 9.53 Å². The molecule has 0 radical (unpaired) electrons. The molecule has 106 valence electrons. The lowest BCUT2D eigenvalue weighted by molar-refractivity contribution is -0.0652. The average molecular weight is 263 g/mol. The molecule has 2 unspecified atom stereocenters. The highest BCUT2D eigenvalue weighted by Gasteiger charge is 2.23. The van der Waals surface area contributed by atoms with E-state index in [1.54, 1.807) is 0 Å². The normalized spacial score (nSPS) is 23.4. The van der Waals surface area contributed by atoms with Crippen molar-refractivity contribution in [1.82, 2.24) is 4.90 Å². The topological polar surface area (TPSA) is 29.5 Å². The summed E-state index contributed by atoms with van der Waals surface area (Å²) in [4.78, 5) is 14.2. The molecule has 3 nitrogen and oxygen atoms in total. The highest BCUT2D eigenvalue weighted by molar-refractivity contribution is 5.97. The van der Waals surface area contributed by atoms with Gasteiger partial charge in [-0.05, 0) is 13.8 Å². The van der Waals surface area contributed by atoms with Crippen LogP contribution in [0.15, 0.2) is 30.3 Å². The van der Waals surface area contributed by atoms with Crippen LogP contribution in [0.4, 0.5) is 0 Å². The van der Waals surface area contributed by atoms with E-state index in [9.17, 15) is 4.79 Å². The van der Waals surface area contributed by atoms with E-state index in [1.807, 2.05) is 44.2 Å². The molecule has 0 aliphatic carbocycles. The van der Waals surface area contributed by atoms with Crippen molar-refractivity contribution in [3.05, 3.63) is 35.9 Å². The summed E-state index contributed by atoms with van der Waals surface area (Å²) < 4.78 is 5.65. The molecular weight excluding hydrogens is 238 g/mol. The van der Waals surface area contributed by atoms with E-state index < -0.39 is 0 Å². The molecule has 1 aliphatic heterocycles. The van der Waals surface area contributed by atoms with Crippen LogP contribution in [0.1, 0.15) is 38.1 Å². The van der Waals surface area contributed by atoms with Crippen LogP contribution in [-0.2, 0) is 4.74 Å². The van der Waals surface area contributed by atoms with E-state index in [-0.39, 0.29) is 18.0 Å². The van der Waals surface area contributed by atoms with Crippen LogP contribution in [0.5, 0.6) is 0 Å². The summed E-state index contributed by atoms with van der Waals surface area (Å²) in [6.45, 7) is 10.3. The van der Waals surface area contributed by atoms with Crippen molar-refractivity contribution in [2.75, 3.05) is 19.6 Å². The second-order valence-electron chi connectivity index (χ2n) is 4.74. The predicted molar refractivity (Wildman–Crippen MR) is 78.6 cm³/mol. The number of ether oxygens (including phenoxy) is 1. The van der Waals surface area contributed by atoms with Gasteiger partial charge in [0, 0.05) is 18.7 Å². The lowest BCUT2D eigenvalue weighted by atomic mass is 10.1. The molecule has 19 heavy (non-hydrogen) atoms. The van der Waals surface area contributed by atoms with Crippen molar-refractivity contribution >= 4 is 5.78 Å². The lowest BCUT2D eigenvalue weighted by Crippen LogP contribution is -2.47. The van der Waals surface area contributed by atoms with E-state index in [1.165, 1.54) is 0 Å². The number of benzene rings is 1. The Kier molecular flexibility index (Phi) is 6.74. The van der Waals surface area contributed by atoms with Gasteiger partial charge in [0.2, 0.25) is 0 Å². The number of nitrogens with zero attached hydrogens (tertiary/aromatic N) is 1. The Bertz CT molecular complexity index is 368. The lowest BCUT2D eigenvalue weighted by Gasteiger charge is -2.34. The third-order valence-electron chi connectivity index (χ3n) is 2.96. The summed E-state index contributed by atoms with van der Waals surface area (Å²) >= 11 is 0. The summed E-state index contributed by atoms with van der Waals surface area (Å²) in [6, 6.07) is 9.47. The molecule has 1 aliphatic rings. The van der Waals surface area contributed by atoms with Crippen LogP contribution in [-0.4, -0.2) is 42.5 Å².